The van der Waals surface area contributed by atoms with Crippen LogP contribution in [0.15, 0.2) is 22.7 Å². The van der Waals surface area contributed by atoms with Crippen LogP contribution in [0.25, 0.3) is 10.9 Å². The molecule has 1 aromatic heterocycles. The lowest BCUT2D eigenvalue weighted by atomic mass is 10.1. The Bertz CT molecular complexity index is 503. The van der Waals surface area contributed by atoms with Gasteiger partial charge in [0.05, 0.1) is 5.52 Å². The largest absolute Gasteiger partial charge is 0.253 e. The highest BCUT2D eigenvalue weighted by Gasteiger charge is 2.06. The van der Waals surface area contributed by atoms with Gasteiger partial charge in [-0.25, -0.2) is 0 Å². The number of nitrogens with zero attached hydrogens (tertiary/aromatic N) is 1. The zero-order valence-corrected chi connectivity index (χ0v) is 9.30. The van der Waals surface area contributed by atoms with Gasteiger partial charge in [-0.3, -0.25) is 4.98 Å². The highest BCUT2D eigenvalue weighted by atomic mass is 79.9. The molecule has 2 heteroatoms. The predicted molar refractivity (Wildman–Crippen MR) is 61.0 cm³/mol. The number of pyridine rings is 1. The Kier molecular flexibility index (Phi) is 2.31. The fraction of sp³-hybridized carbons (Fsp3) is 0.0833. The second-order valence-electron chi connectivity index (χ2n) is 3.21. The summed E-state index contributed by atoms with van der Waals surface area (Å²) in [6, 6.07) is 5.72. The van der Waals surface area contributed by atoms with Crippen LogP contribution < -0.4 is 0 Å². The number of hydrogen-bond donors (Lipinski definition) is 0. The molecule has 0 saturated carbocycles. The van der Waals surface area contributed by atoms with Gasteiger partial charge in [0.15, 0.2) is 0 Å². The van der Waals surface area contributed by atoms with E-state index in [1.54, 1.807) is 6.07 Å². The first-order chi connectivity index (χ1) is 6.59. The van der Waals surface area contributed by atoms with Gasteiger partial charge in [0.2, 0.25) is 0 Å². The van der Waals surface area contributed by atoms with Crippen molar-refractivity contribution in [3.8, 4) is 0 Å². The first-order valence-corrected chi connectivity index (χ1v) is 4.99. The number of aromatic nitrogens is 1. The maximum absolute atomic E-state index is 5.79. The van der Waals surface area contributed by atoms with E-state index in [4.69, 9.17) is 13.8 Å². The molecule has 0 saturated heterocycles. The molecule has 0 spiro atoms. The van der Waals surface area contributed by atoms with Gasteiger partial charge in [-0.2, -0.15) is 0 Å². The molecule has 0 aliphatic heterocycles. The molecule has 68 valence electrons. The molecule has 0 aliphatic rings. The minimum Gasteiger partial charge on any atom is -0.253 e. The van der Waals surface area contributed by atoms with Gasteiger partial charge in [0.1, 0.15) is 0 Å². The monoisotopic (exact) mass is 245 g/mol. The molecule has 14 heavy (non-hydrogen) atoms. The Labute approximate surface area is 92.3 Å². The van der Waals surface area contributed by atoms with Crippen molar-refractivity contribution in [2.75, 3.05) is 0 Å². The molecule has 1 nitrogen and oxygen atoms in total. The summed E-state index contributed by atoms with van der Waals surface area (Å²) in [5, 5.41) is 0.988. The Morgan fingerprint density at radius 2 is 2.00 bits per heavy atom. The average Bonchev–Trinajstić information content (AvgIpc) is 2.14. The van der Waals surface area contributed by atoms with E-state index in [-0.39, 0.29) is 0 Å². The van der Waals surface area contributed by atoms with E-state index in [1.807, 2.05) is 19.1 Å². The van der Waals surface area contributed by atoms with Gasteiger partial charge in [0.25, 0.3) is 0 Å². The Morgan fingerprint density at radius 3 is 2.71 bits per heavy atom. The van der Waals surface area contributed by atoms with Crippen molar-refractivity contribution in [1.82, 2.24) is 4.98 Å². The molecule has 0 unspecified atom stereocenters. The van der Waals surface area contributed by atoms with E-state index in [2.05, 4.69) is 20.9 Å². The van der Waals surface area contributed by atoms with Crippen molar-refractivity contribution in [3.63, 3.8) is 0 Å². The number of fused-ring (bicyclic) bond motifs is 1. The minimum absolute atomic E-state index is 0.558. The average molecular weight is 246 g/mol. The topological polar surface area (TPSA) is 12.9 Å². The normalized spacial score (nSPS) is 10.9. The third-order valence-corrected chi connectivity index (χ3v) is 2.99. The van der Waals surface area contributed by atoms with E-state index in [1.165, 1.54) is 0 Å². The minimum atomic E-state index is 0.558. The number of hydrogen-bond acceptors (Lipinski definition) is 1. The number of aryl methyl sites for hydroxylation is 1. The van der Waals surface area contributed by atoms with Crippen molar-refractivity contribution in [2.24, 2.45) is 0 Å². The van der Waals surface area contributed by atoms with E-state index in [0.29, 0.717) is 11.1 Å². The molecule has 1 heterocycles. The molecule has 0 N–H and O–H groups in total. The van der Waals surface area contributed by atoms with Crippen LogP contribution in [-0.2, 0) is 0 Å². The van der Waals surface area contributed by atoms with Crippen LogP contribution in [0.1, 0.15) is 16.8 Å². The van der Waals surface area contributed by atoms with Crippen molar-refractivity contribution in [2.45, 2.75) is 6.92 Å². The molecule has 0 atom stereocenters. The van der Waals surface area contributed by atoms with Gasteiger partial charge in [-0.15, -0.1) is 0 Å². The Hall–Kier alpha value is -0.890. The summed E-state index contributed by atoms with van der Waals surface area (Å²) in [5.74, 6) is 0. The van der Waals surface area contributed by atoms with Crippen LogP contribution in [0.3, 0.4) is 0 Å². The lowest BCUT2D eigenvalue weighted by Gasteiger charge is -2.07. The molecule has 0 amide bonds. The maximum Gasteiger partial charge on any atom is 0.0719 e. The summed E-state index contributed by atoms with van der Waals surface area (Å²) >= 11 is 3.41. The molecule has 2 aromatic rings. The van der Waals surface area contributed by atoms with Crippen LogP contribution >= 0.6 is 15.9 Å². The van der Waals surface area contributed by atoms with Gasteiger partial charge >= 0.3 is 0 Å². The summed E-state index contributed by atoms with van der Waals surface area (Å²) in [7, 11) is 0. The Morgan fingerprint density at radius 1 is 1.29 bits per heavy atom. The van der Waals surface area contributed by atoms with Crippen molar-refractivity contribution < 1.29 is 0 Å². The first-order valence-electron chi connectivity index (χ1n) is 4.20. The fourth-order valence-electron chi connectivity index (χ4n) is 1.37. The molecule has 4 radical (unpaired) electrons. The zero-order chi connectivity index (χ0) is 10.3. The first kappa shape index (κ1) is 9.66. The summed E-state index contributed by atoms with van der Waals surface area (Å²) in [5.41, 5.74) is 2.96. The second-order valence-corrected chi connectivity index (χ2v) is 4.01. The molecular weight excluding hydrogens is 238 g/mol. The maximum atomic E-state index is 5.79. The van der Waals surface area contributed by atoms with E-state index in [9.17, 15) is 0 Å². The highest BCUT2D eigenvalue weighted by Crippen LogP contribution is 2.28. The van der Waals surface area contributed by atoms with Crippen LogP contribution in [0.4, 0.5) is 0 Å². The second kappa shape index (κ2) is 3.35. The van der Waals surface area contributed by atoms with E-state index >= 15 is 0 Å². The zero-order valence-electron chi connectivity index (χ0n) is 7.71. The lowest BCUT2D eigenvalue weighted by Crippen LogP contribution is -1.89. The summed E-state index contributed by atoms with van der Waals surface area (Å²) in [6.45, 7) is 13.5. The number of benzene rings is 1. The van der Waals surface area contributed by atoms with Gasteiger partial charge < -0.3 is 0 Å². The van der Waals surface area contributed by atoms with Crippen LogP contribution in [0.2, 0.25) is 0 Å². The van der Waals surface area contributed by atoms with E-state index < -0.39 is 0 Å². The van der Waals surface area contributed by atoms with Crippen LogP contribution in [0, 0.1) is 20.8 Å². The third kappa shape index (κ3) is 1.44. The van der Waals surface area contributed by atoms with Crippen molar-refractivity contribution in [1.29, 1.82) is 0 Å². The molecule has 1 aromatic carbocycles. The molecular formula is C12H8BrN. The molecule has 0 aliphatic carbocycles. The lowest BCUT2D eigenvalue weighted by molar-refractivity contribution is 1.25. The summed E-state index contributed by atoms with van der Waals surface area (Å²) < 4.78 is 0.819. The quantitative estimate of drug-likeness (QED) is 0.694. The molecule has 0 fully saturated rings. The standard InChI is InChI=1S/C12H8BrN/c1-7-6-11-10(12(13)9(7)3)5-4-8(2)14-11/h1,3-6H,2H3. The number of halogens is 1. The van der Waals surface area contributed by atoms with Crippen LogP contribution in [-0.4, -0.2) is 4.98 Å². The highest BCUT2D eigenvalue weighted by molar-refractivity contribution is 9.10. The van der Waals surface area contributed by atoms with Gasteiger partial charge in [-0.05, 0) is 59.1 Å². The predicted octanol–water partition coefficient (Wildman–Crippen LogP) is 3.42. The van der Waals surface area contributed by atoms with Crippen molar-refractivity contribution >= 4 is 26.8 Å². The van der Waals surface area contributed by atoms with Gasteiger partial charge in [0, 0.05) is 22.5 Å². The fourth-order valence-corrected chi connectivity index (χ4v) is 1.93. The SMILES string of the molecule is [CH]c1cc2nc(C)ccc2c(Br)c1[CH]. The van der Waals surface area contributed by atoms with Crippen molar-refractivity contribution in [3.05, 3.63) is 53.3 Å². The number of rotatable bonds is 0. The molecule has 2 rings (SSSR count). The van der Waals surface area contributed by atoms with E-state index in [0.717, 1.165) is 21.1 Å². The summed E-state index contributed by atoms with van der Waals surface area (Å²) in [4.78, 5) is 4.37. The molecule has 0 bridgehead atoms. The van der Waals surface area contributed by atoms with Crippen LogP contribution in [0.5, 0.6) is 0 Å². The smallest absolute Gasteiger partial charge is 0.0719 e. The third-order valence-electron chi connectivity index (χ3n) is 2.14. The summed E-state index contributed by atoms with van der Waals surface area (Å²) in [6.07, 6.45) is 0. The Balaban J connectivity index is 2.91. The van der Waals surface area contributed by atoms with Gasteiger partial charge in [-0.1, -0.05) is 0 Å².